The Kier molecular flexibility index (Phi) is 5.50. The third kappa shape index (κ3) is 4.40. The van der Waals surface area contributed by atoms with Crippen LogP contribution in [0.2, 0.25) is 0 Å². The van der Waals surface area contributed by atoms with Crippen molar-refractivity contribution in [2.75, 3.05) is 11.9 Å². The van der Waals surface area contributed by atoms with Gasteiger partial charge in [0.1, 0.15) is 0 Å². The van der Waals surface area contributed by atoms with E-state index in [1.165, 1.54) is 0 Å². The molecule has 0 aliphatic rings. The summed E-state index contributed by atoms with van der Waals surface area (Å²) < 4.78 is 0. The lowest BCUT2D eigenvalue weighted by molar-refractivity contribution is -0.116. The number of pyridine rings is 1. The number of aromatic nitrogens is 1. The maximum absolute atomic E-state index is 11.6. The van der Waals surface area contributed by atoms with Gasteiger partial charge in [0.2, 0.25) is 5.91 Å². The molecule has 0 unspecified atom stereocenters. The van der Waals surface area contributed by atoms with Gasteiger partial charge in [-0.05, 0) is 38.4 Å². The molecule has 16 heavy (non-hydrogen) atoms. The van der Waals surface area contributed by atoms with Crippen LogP contribution in [0, 0.1) is 6.92 Å². The summed E-state index contributed by atoms with van der Waals surface area (Å²) in [6.07, 6.45) is 5.15. The molecular formula is C12H19N3O. The highest BCUT2D eigenvalue weighted by molar-refractivity contribution is 5.91. The Morgan fingerprint density at radius 3 is 2.94 bits per heavy atom. The molecule has 0 spiro atoms. The van der Waals surface area contributed by atoms with E-state index in [0.717, 1.165) is 30.6 Å². The number of amides is 1. The molecule has 4 nitrogen and oxygen atoms in total. The van der Waals surface area contributed by atoms with Crippen LogP contribution in [0.15, 0.2) is 18.3 Å². The summed E-state index contributed by atoms with van der Waals surface area (Å²) in [5.41, 5.74) is 7.02. The fraction of sp³-hybridized carbons (Fsp3) is 0.500. The average Bonchev–Trinajstić information content (AvgIpc) is 2.28. The van der Waals surface area contributed by atoms with Crippen molar-refractivity contribution in [3.63, 3.8) is 0 Å². The van der Waals surface area contributed by atoms with E-state index in [-0.39, 0.29) is 5.91 Å². The van der Waals surface area contributed by atoms with Gasteiger partial charge in [0.15, 0.2) is 0 Å². The maximum Gasteiger partial charge on any atom is 0.224 e. The van der Waals surface area contributed by atoms with E-state index in [9.17, 15) is 4.79 Å². The second-order valence-corrected chi connectivity index (χ2v) is 3.78. The summed E-state index contributed by atoms with van der Waals surface area (Å²) in [6.45, 7) is 2.58. The molecule has 4 heteroatoms. The topological polar surface area (TPSA) is 68.0 Å². The second kappa shape index (κ2) is 6.95. The summed E-state index contributed by atoms with van der Waals surface area (Å²) in [4.78, 5) is 15.7. The van der Waals surface area contributed by atoms with E-state index in [1.54, 1.807) is 6.20 Å². The molecule has 1 rings (SSSR count). The minimum Gasteiger partial charge on any atom is -0.330 e. The van der Waals surface area contributed by atoms with Crippen molar-refractivity contribution in [3.8, 4) is 0 Å². The van der Waals surface area contributed by atoms with Crippen LogP contribution in [-0.2, 0) is 4.79 Å². The third-order valence-electron chi connectivity index (χ3n) is 2.39. The van der Waals surface area contributed by atoms with Crippen LogP contribution in [0.25, 0.3) is 0 Å². The number of hydrogen-bond donors (Lipinski definition) is 2. The number of nitrogens with one attached hydrogen (secondary N) is 1. The van der Waals surface area contributed by atoms with Gasteiger partial charge < -0.3 is 11.1 Å². The van der Waals surface area contributed by atoms with Crippen molar-refractivity contribution in [2.45, 2.75) is 32.6 Å². The quantitative estimate of drug-likeness (QED) is 0.720. The normalized spacial score (nSPS) is 10.1. The molecule has 0 fully saturated rings. The Balaban J connectivity index is 2.32. The first-order valence-electron chi connectivity index (χ1n) is 5.65. The first-order valence-corrected chi connectivity index (χ1v) is 5.65. The molecule has 88 valence electrons. The van der Waals surface area contributed by atoms with E-state index in [0.29, 0.717) is 13.0 Å². The molecule has 0 saturated heterocycles. The summed E-state index contributed by atoms with van der Waals surface area (Å²) in [6, 6.07) is 3.68. The van der Waals surface area contributed by atoms with Crippen LogP contribution >= 0.6 is 0 Å². The Labute approximate surface area is 96.3 Å². The Morgan fingerprint density at radius 1 is 1.44 bits per heavy atom. The second-order valence-electron chi connectivity index (χ2n) is 3.78. The van der Waals surface area contributed by atoms with Gasteiger partial charge in [-0.15, -0.1) is 0 Å². The van der Waals surface area contributed by atoms with Gasteiger partial charge in [-0.2, -0.15) is 0 Å². The zero-order valence-electron chi connectivity index (χ0n) is 9.70. The van der Waals surface area contributed by atoms with Crippen LogP contribution in [0.1, 0.15) is 31.4 Å². The highest BCUT2D eigenvalue weighted by atomic mass is 16.1. The molecule has 0 radical (unpaired) electrons. The smallest absolute Gasteiger partial charge is 0.224 e. The van der Waals surface area contributed by atoms with E-state index in [2.05, 4.69) is 10.3 Å². The first kappa shape index (κ1) is 12.6. The van der Waals surface area contributed by atoms with Crippen LogP contribution in [0.3, 0.4) is 0 Å². The summed E-state index contributed by atoms with van der Waals surface area (Å²) in [7, 11) is 0. The van der Waals surface area contributed by atoms with Gasteiger partial charge in [-0.25, -0.2) is 0 Å². The number of nitrogens with two attached hydrogens (primary N) is 1. The van der Waals surface area contributed by atoms with Crippen molar-refractivity contribution in [1.29, 1.82) is 0 Å². The number of aryl methyl sites for hydroxylation is 1. The number of hydrogen-bond acceptors (Lipinski definition) is 3. The van der Waals surface area contributed by atoms with Crippen LogP contribution < -0.4 is 11.1 Å². The van der Waals surface area contributed by atoms with Crippen molar-refractivity contribution >= 4 is 11.6 Å². The maximum atomic E-state index is 11.6. The molecule has 1 aromatic heterocycles. The Morgan fingerprint density at radius 2 is 2.25 bits per heavy atom. The fourth-order valence-corrected chi connectivity index (χ4v) is 1.44. The molecule has 3 N–H and O–H groups in total. The van der Waals surface area contributed by atoms with Gasteiger partial charge in [-0.1, -0.05) is 6.42 Å². The van der Waals surface area contributed by atoms with E-state index >= 15 is 0 Å². The third-order valence-corrected chi connectivity index (χ3v) is 2.39. The van der Waals surface area contributed by atoms with Crippen LogP contribution in [-0.4, -0.2) is 17.4 Å². The lowest BCUT2D eigenvalue weighted by Crippen LogP contribution is -2.12. The predicted octanol–water partition coefficient (Wildman–Crippen LogP) is 1.85. The first-order chi connectivity index (χ1) is 7.74. The largest absolute Gasteiger partial charge is 0.330 e. The average molecular weight is 221 g/mol. The highest BCUT2D eigenvalue weighted by Crippen LogP contribution is 2.11. The van der Waals surface area contributed by atoms with Gasteiger partial charge in [0.05, 0.1) is 11.4 Å². The van der Waals surface area contributed by atoms with Crippen molar-refractivity contribution in [3.05, 3.63) is 24.0 Å². The lowest BCUT2D eigenvalue weighted by Gasteiger charge is -2.06. The molecule has 1 aromatic rings. The Hall–Kier alpha value is -1.42. The highest BCUT2D eigenvalue weighted by Gasteiger charge is 2.04. The lowest BCUT2D eigenvalue weighted by atomic mass is 10.2. The summed E-state index contributed by atoms with van der Waals surface area (Å²) in [5, 5.41) is 2.85. The monoisotopic (exact) mass is 221 g/mol. The molecule has 1 amide bonds. The van der Waals surface area contributed by atoms with E-state index in [1.807, 2.05) is 19.1 Å². The number of rotatable bonds is 6. The van der Waals surface area contributed by atoms with E-state index in [4.69, 9.17) is 5.73 Å². The van der Waals surface area contributed by atoms with Gasteiger partial charge in [0, 0.05) is 12.6 Å². The van der Waals surface area contributed by atoms with Crippen molar-refractivity contribution in [1.82, 2.24) is 4.98 Å². The molecular weight excluding hydrogens is 202 g/mol. The standard InChI is InChI=1S/C12H19N3O/c1-10-11(6-5-9-14-10)15-12(16)7-3-2-4-8-13/h5-6,9H,2-4,7-8,13H2,1H3,(H,15,16). The molecule has 0 aliphatic carbocycles. The minimum atomic E-state index is 0.0492. The summed E-state index contributed by atoms with van der Waals surface area (Å²) >= 11 is 0. The number of nitrogens with zero attached hydrogens (tertiary/aromatic N) is 1. The van der Waals surface area contributed by atoms with E-state index < -0.39 is 0 Å². The SMILES string of the molecule is Cc1ncccc1NC(=O)CCCCCN. The number of unbranched alkanes of at least 4 members (excludes halogenated alkanes) is 2. The number of anilines is 1. The summed E-state index contributed by atoms with van der Waals surface area (Å²) in [5.74, 6) is 0.0492. The van der Waals surface area contributed by atoms with Gasteiger partial charge >= 0.3 is 0 Å². The van der Waals surface area contributed by atoms with Gasteiger partial charge in [-0.3, -0.25) is 9.78 Å². The molecule has 0 atom stereocenters. The fourth-order valence-electron chi connectivity index (χ4n) is 1.44. The minimum absolute atomic E-state index is 0.0492. The zero-order valence-corrected chi connectivity index (χ0v) is 9.70. The molecule has 1 heterocycles. The predicted molar refractivity (Wildman–Crippen MR) is 65.1 cm³/mol. The molecule has 0 aromatic carbocycles. The molecule has 0 saturated carbocycles. The number of carbonyl (C=O) groups is 1. The van der Waals surface area contributed by atoms with Gasteiger partial charge in [0.25, 0.3) is 0 Å². The number of carbonyl (C=O) groups excluding carboxylic acids is 1. The Bertz CT molecular complexity index is 339. The van der Waals surface area contributed by atoms with Crippen LogP contribution in [0.5, 0.6) is 0 Å². The van der Waals surface area contributed by atoms with Crippen molar-refractivity contribution in [2.24, 2.45) is 5.73 Å². The molecule has 0 aliphatic heterocycles. The van der Waals surface area contributed by atoms with Crippen molar-refractivity contribution < 1.29 is 4.79 Å². The zero-order chi connectivity index (χ0) is 11.8. The van der Waals surface area contributed by atoms with Crippen LogP contribution in [0.4, 0.5) is 5.69 Å². The molecule has 0 bridgehead atoms.